The zero-order valence-electron chi connectivity index (χ0n) is 23.6. The Morgan fingerprint density at radius 2 is 1.85 bits per heavy atom. The average molecular weight is 542 g/mol. The molecule has 0 heterocycles. The molecule has 0 aromatic rings. The summed E-state index contributed by atoms with van der Waals surface area (Å²) in [5.74, 6) is 1.85. The summed E-state index contributed by atoms with van der Waals surface area (Å²) in [6.45, 7) is 7.31. The number of carboxylic acid groups (broad SMARTS) is 1. The van der Waals surface area contributed by atoms with E-state index in [0.717, 1.165) is 50.7 Å². The minimum Gasteiger partial charge on any atom is -0.480 e. The Bertz CT molecular complexity index is 1110. The van der Waals surface area contributed by atoms with E-state index in [2.05, 4.69) is 41.6 Å². The van der Waals surface area contributed by atoms with Gasteiger partial charge in [-0.2, -0.15) is 0 Å². The smallest absolute Gasteiger partial charge is 0.326 e. The fourth-order valence-corrected chi connectivity index (χ4v) is 8.04. The monoisotopic (exact) mass is 541 g/mol. The van der Waals surface area contributed by atoms with Crippen LogP contribution in [0.25, 0.3) is 0 Å². The molecule has 0 bridgehead atoms. The lowest BCUT2D eigenvalue weighted by atomic mass is 9.46. The summed E-state index contributed by atoms with van der Waals surface area (Å²) in [5, 5.41) is 29.4. The number of carbonyl (C=O) groups excluding carboxylic acids is 2. The molecule has 0 radical (unpaired) electrons. The Hall–Kier alpha value is -2.86. The number of rotatable bonds is 8. The number of terminal acetylenes is 1. The van der Waals surface area contributed by atoms with Gasteiger partial charge >= 0.3 is 5.97 Å². The van der Waals surface area contributed by atoms with Crippen LogP contribution in [0.3, 0.4) is 0 Å². The molecule has 0 aliphatic heterocycles. The fourth-order valence-electron chi connectivity index (χ4n) is 8.04. The molecule has 39 heavy (non-hydrogen) atoms. The number of amides is 2. The lowest BCUT2D eigenvalue weighted by molar-refractivity contribution is -0.143. The summed E-state index contributed by atoms with van der Waals surface area (Å²) in [4.78, 5) is 40.6. The number of aliphatic hydroxyl groups is 1. The first-order valence-corrected chi connectivity index (χ1v) is 14.2. The topological polar surface area (TPSA) is 137 Å². The van der Waals surface area contributed by atoms with Crippen molar-refractivity contribution in [2.45, 2.75) is 90.7 Å². The Morgan fingerprint density at radius 1 is 1.13 bits per heavy atom. The molecule has 4 aliphatic rings. The summed E-state index contributed by atoms with van der Waals surface area (Å²) in [6.07, 6.45) is 15.5. The lowest BCUT2D eigenvalue weighted by Gasteiger charge is -2.58. The van der Waals surface area contributed by atoms with E-state index < -0.39 is 29.4 Å². The third-order valence-electron chi connectivity index (χ3n) is 10.4. The van der Waals surface area contributed by atoms with Gasteiger partial charge in [-0.05, 0) is 86.5 Å². The van der Waals surface area contributed by atoms with Crippen LogP contribution in [0.4, 0.5) is 0 Å². The molecule has 9 heteroatoms. The number of carbonyl (C=O) groups is 3. The second-order valence-corrected chi connectivity index (χ2v) is 12.8. The number of hydrogen-bond acceptors (Lipinski definition) is 6. The SMILES string of the molecule is C#C[C@]1(O)CC[C@@H]2[C@@H]3CCC4=CC(=NOCC(=O)NCC(=O)N[C@@H](C(=O)O)C(C)C)CC[C@]4(C)[C@@H]3CC[C@@]21C. The summed E-state index contributed by atoms with van der Waals surface area (Å²) in [7, 11) is 0. The van der Waals surface area contributed by atoms with E-state index in [4.69, 9.17) is 11.3 Å². The van der Waals surface area contributed by atoms with Crippen LogP contribution in [-0.4, -0.2) is 58.5 Å². The first kappa shape index (κ1) is 29.1. The van der Waals surface area contributed by atoms with Crippen molar-refractivity contribution in [3.8, 4) is 12.3 Å². The predicted molar refractivity (Wildman–Crippen MR) is 146 cm³/mol. The fraction of sp³-hybridized carbons (Fsp3) is 0.733. The molecule has 9 nitrogen and oxygen atoms in total. The molecule has 4 aliphatic carbocycles. The summed E-state index contributed by atoms with van der Waals surface area (Å²) in [5.41, 5.74) is 1.10. The van der Waals surface area contributed by atoms with Gasteiger partial charge in [0.15, 0.2) is 6.61 Å². The van der Waals surface area contributed by atoms with Gasteiger partial charge in [0.2, 0.25) is 5.91 Å². The van der Waals surface area contributed by atoms with Crippen LogP contribution in [-0.2, 0) is 19.2 Å². The van der Waals surface area contributed by atoms with Gasteiger partial charge in [-0.15, -0.1) is 6.42 Å². The maximum Gasteiger partial charge on any atom is 0.326 e. The van der Waals surface area contributed by atoms with Crippen LogP contribution in [0.2, 0.25) is 0 Å². The van der Waals surface area contributed by atoms with Crippen molar-refractivity contribution < 1.29 is 29.4 Å². The van der Waals surface area contributed by atoms with E-state index >= 15 is 0 Å². The number of allylic oxidation sites excluding steroid dienone is 2. The molecule has 3 saturated carbocycles. The largest absolute Gasteiger partial charge is 0.480 e. The molecular weight excluding hydrogens is 498 g/mol. The van der Waals surface area contributed by atoms with Crippen molar-refractivity contribution in [2.24, 2.45) is 39.7 Å². The standard InChI is InChI=1S/C30H43N3O6/c1-6-30(38)14-11-23-21-8-7-19-15-20(9-12-28(19,4)22(21)10-13-29(23,30)5)33-39-17-25(35)31-16-24(34)32-26(18(2)3)27(36)37/h1,15,18,21-23,26,38H,7-14,16-17H2,2-5H3,(H,31,35)(H,32,34)(H,36,37)/t21-,22-,23-,26-,28+,29+,30+/m1/s1. The molecule has 0 unspecified atom stereocenters. The van der Waals surface area contributed by atoms with Crippen molar-refractivity contribution in [1.29, 1.82) is 0 Å². The zero-order valence-corrected chi connectivity index (χ0v) is 23.6. The van der Waals surface area contributed by atoms with Gasteiger partial charge in [-0.3, -0.25) is 9.59 Å². The van der Waals surface area contributed by atoms with Gasteiger partial charge in [-0.25, -0.2) is 4.79 Å². The lowest BCUT2D eigenvalue weighted by Crippen LogP contribution is -2.54. The highest BCUT2D eigenvalue weighted by atomic mass is 16.6. The van der Waals surface area contributed by atoms with Crippen LogP contribution in [0.5, 0.6) is 0 Å². The van der Waals surface area contributed by atoms with Gasteiger partial charge in [0.1, 0.15) is 11.6 Å². The molecule has 2 amide bonds. The van der Waals surface area contributed by atoms with Crippen LogP contribution < -0.4 is 10.6 Å². The zero-order chi connectivity index (χ0) is 28.6. The van der Waals surface area contributed by atoms with E-state index in [1.807, 2.05) is 0 Å². The maximum absolute atomic E-state index is 12.1. The highest BCUT2D eigenvalue weighted by Crippen LogP contribution is 2.67. The van der Waals surface area contributed by atoms with Gasteiger partial charge in [0.05, 0.1) is 12.3 Å². The van der Waals surface area contributed by atoms with Gasteiger partial charge in [0.25, 0.3) is 5.91 Å². The second kappa shape index (κ2) is 11.0. The first-order valence-electron chi connectivity index (χ1n) is 14.2. The Balaban J connectivity index is 1.31. The Labute approximate surface area is 231 Å². The van der Waals surface area contributed by atoms with Crippen molar-refractivity contribution in [2.75, 3.05) is 13.2 Å². The summed E-state index contributed by atoms with van der Waals surface area (Å²) >= 11 is 0. The molecule has 0 aromatic carbocycles. The normalized spacial score (nSPS) is 37.0. The minimum absolute atomic E-state index is 0.0919. The van der Waals surface area contributed by atoms with Crippen molar-refractivity contribution in [3.63, 3.8) is 0 Å². The third-order valence-corrected chi connectivity index (χ3v) is 10.4. The number of nitrogens with one attached hydrogen (secondary N) is 2. The Kier molecular flexibility index (Phi) is 8.18. The highest BCUT2D eigenvalue weighted by molar-refractivity contribution is 5.96. The molecular formula is C30H43N3O6. The van der Waals surface area contributed by atoms with Gasteiger partial charge in [0, 0.05) is 5.41 Å². The third kappa shape index (κ3) is 5.32. The van der Waals surface area contributed by atoms with E-state index in [0.29, 0.717) is 24.2 Å². The van der Waals surface area contributed by atoms with Crippen LogP contribution in [0.15, 0.2) is 16.8 Å². The summed E-state index contributed by atoms with van der Waals surface area (Å²) < 4.78 is 0. The van der Waals surface area contributed by atoms with Gasteiger partial charge in [-0.1, -0.05) is 44.3 Å². The number of fused-ring (bicyclic) bond motifs is 5. The molecule has 0 spiro atoms. The molecule has 0 aromatic heterocycles. The predicted octanol–water partition coefficient (Wildman–Crippen LogP) is 3.03. The van der Waals surface area contributed by atoms with E-state index in [1.54, 1.807) is 13.8 Å². The quantitative estimate of drug-likeness (QED) is 0.275. The minimum atomic E-state index is -1.12. The van der Waals surface area contributed by atoms with Crippen LogP contribution >= 0.6 is 0 Å². The number of aliphatic carboxylic acids is 1. The molecule has 7 atom stereocenters. The van der Waals surface area contributed by atoms with Crippen LogP contribution in [0, 0.1) is 46.8 Å². The molecule has 3 fully saturated rings. The van der Waals surface area contributed by atoms with Crippen molar-refractivity contribution in [1.82, 2.24) is 10.6 Å². The number of oxime groups is 1. The highest BCUT2D eigenvalue weighted by Gasteiger charge is 2.63. The first-order chi connectivity index (χ1) is 18.3. The van der Waals surface area contributed by atoms with Crippen molar-refractivity contribution >= 4 is 23.5 Å². The van der Waals surface area contributed by atoms with E-state index in [1.165, 1.54) is 5.57 Å². The molecule has 214 valence electrons. The number of nitrogens with zero attached hydrogens (tertiary/aromatic N) is 1. The number of carboxylic acids is 1. The second-order valence-electron chi connectivity index (χ2n) is 12.8. The average Bonchev–Trinajstić information content (AvgIpc) is 3.16. The number of hydrogen-bond donors (Lipinski definition) is 4. The molecule has 4 rings (SSSR count). The maximum atomic E-state index is 12.1. The van der Waals surface area contributed by atoms with Crippen molar-refractivity contribution in [3.05, 3.63) is 11.6 Å². The van der Waals surface area contributed by atoms with Crippen LogP contribution in [0.1, 0.15) is 79.1 Å². The van der Waals surface area contributed by atoms with Gasteiger partial charge < -0.3 is 25.7 Å². The summed E-state index contributed by atoms with van der Waals surface area (Å²) in [6, 6.07) is -1.01. The Morgan fingerprint density at radius 3 is 2.51 bits per heavy atom. The molecule has 4 N–H and O–H groups in total. The molecule has 0 saturated heterocycles. The van der Waals surface area contributed by atoms with E-state index in [9.17, 15) is 24.6 Å². The van der Waals surface area contributed by atoms with E-state index in [-0.39, 0.29) is 29.9 Å².